The minimum absolute atomic E-state index is 0.0590. The first-order valence-electron chi connectivity index (χ1n) is 13.4. The van der Waals surface area contributed by atoms with Gasteiger partial charge in [0.2, 0.25) is 5.82 Å². The highest BCUT2D eigenvalue weighted by Gasteiger charge is 2.39. The van der Waals surface area contributed by atoms with Crippen LogP contribution >= 0.6 is 0 Å². The molecular weight excluding hydrogens is 543 g/mol. The number of hydrogen-bond acceptors (Lipinski definition) is 7. The highest BCUT2D eigenvalue weighted by Crippen LogP contribution is 2.31. The van der Waals surface area contributed by atoms with E-state index in [4.69, 9.17) is 14.2 Å². The predicted molar refractivity (Wildman–Crippen MR) is 151 cm³/mol. The van der Waals surface area contributed by atoms with E-state index in [9.17, 15) is 23.6 Å². The highest BCUT2D eigenvalue weighted by molar-refractivity contribution is 5.95. The lowest BCUT2D eigenvalue weighted by molar-refractivity contribution is -0.0710. The van der Waals surface area contributed by atoms with Crippen molar-refractivity contribution in [2.24, 2.45) is 0 Å². The average Bonchev–Trinajstić information content (AvgIpc) is 3.40. The van der Waals surface area contributed by atoms with Crippen LogP contribution in [0.15, 0.2) is 94.6 Å². The van der Waals surface area contributed by atoms with E-state index in [0.29, 0.717) is 5.56 Å². The molecule has 1 aliphatic heterocycles. The molecule has 0 spiro atoms. The van der Waals surface area contributed by atoms with Crippen LogP contribution in [-0.2, 0) is 20.8 Å². The predicted octanol–water partition coefficient (Wildman–Crippen LogP) is 4.18. The maximum absolute atomic E-state index is 14.9. The van der Waals surface area contributed by atoms with Gasteiger partial charge in [-0.25, -0.2) is 9.59 Å². The molecule has 1 aliphatic rings. The third-order valence-electron chi connectivity index (χ3n) is 6.97. The van der Waals surface area contributed by atoms with Gasteiger partial charge in [0.15, 0.2) is 0 Å². The monoisotopic (exact) mass is 572 g/mol. The van der Waals surface area contributed by atoms with Crippen molar-refractivity contribution in [1.29, 1.82) is 0 Å². The van der Waals surface area contributed by atoms with Gasteiger partial charge in [-0.1, -0.05) is 65.7 Å². The van der Waals surface area contributed by atoms with Crippen molar-refractivity contribution >= 4 is 11.9 Å². The normalized spacial score (nSPS) is 18.1. The number of aromatic nitrogens is 2. The fourth-order valence-electron chi connectivity index (χ4n) is 4.82. The van der Waals surface area contributed by atoms with Crippen molar-refractivity contribution < 1.29 is 28.2 Å². The summed E-state index contributed by atoms with van der Waals surface area (Å²) in [6.45, 7) is 3.60. The lowest BCUT2D eigenvalue weighted by Gasteiger charge is -2.19. The standard InChI is InChI=1S/C32H29FN2O7/c1-20-8-6-12-23(14-20)29(36)35-30(37)25(33)17-34(32(35)39)28-16-26(40-18-22-10-4-3-5-11-22)27(42-28)19-41-31(38)24-13-7-9-21(2)15-24/h3-15,17,26-28H,16,18-19H2,1-2H3/t26?,27-,28-/m0/s1. The molecule has 2 heterocycles. The number of nitrogens with zero attached hydrogens (tertiary/aromatic N) is 2. The van der Waals surface area contributed by atoms with E-state index in [0.717, 1.165) is 27.5 Å². The molecule has 0 aliphatic carbocycles. The molecule has 3 atom stereocenters. The molecule has 1 unspecified atom stereocenters. The molecule has 0 N–H and O–H groups in total. The summed E-state index contributed by atoms with van der Waals surface area (Å²) in [6, 6.07) is 22.6. The summed E-state index contributed by atoms with van der Waals surface area (Å²) < 4.78 is 33.7. The molecule has 1 aromatic heterocycles. The van der Waals surface area contributed by atoms with Gasteiger partial charge < -0.3 is 14.2 Å². The number of carbonyl (C=O) groups excluding carboxylic acids is 2. The van der Waals surface area contributed by atoms with Crippen LogP contribution in [-0.4, -0.2) is 39.8 Å². The van der Waals surface area contributed by atoms with E-state index in [1.54, 1.807) is 37.3 Å². The third kappa shape index (κ3) is 6.29. The maximum atomic E-state index is 14.9. The third-order valence-corrected chi connectivity index (χ3v) is 6.97. The Morgan fingerprint density at radius 3 is 2.29 bits per heavy atom. The minimum Gasteiger partial charge on any atom is -0.459 e. The lowest BCUT2D eigenvalue weighted by Crippen LogP contribution is -2.46. The van der Waals surface area contributed by atoms with Crippen LogP contribution in [0.1, 0.15) is 50.1 Å². The molecule has 0 radical (unpaired) electrons. The van der Waals surface area contributed by atoms with Gasteiger partial charge in [-0.3, -0.25) is 14.2 Å². The molecule has 42 heavy (non-hydrogen) atoms. The van der Waals surface area contributed by atoms with E-state index in [1.807, 2.05) is 43.3 Å². The first-order chi connectivity index (χ1) is 20.2. The quantitative estimate of drug-likeness (QED) is 0.292. The summed E-state index contributed by atoms with van der Waals surface area (Å²) in [5.41, 5.74) is 0.513. The van der Waals surface area contributed by atoms with Crippen LogP contribution in [0.2, 0.25) is 0 Å². The zero-order valence-corrected chi connectivity index (χ0v) is 23.1. The van der Waals surface area contributed by atoms with Gasteiger partial charge in [0.1, 0.15) is 18.9 Å². The van der Waals surface area contributed by atoms with Crippen LogP contribution in [0.5, 0.6) is 0 Å². The number of benzene rings is 3. The lowest BCUT2D eigenvalue weighted by atomic mass is 10.1. The van der Waals surface area contributed by atoms with Gasteiger partial charge in [-0.05, 0) is 43.7 Å². The van der Waals surface area contributed by atoms with E-state index in [1.165, 1.54) is 12.1 Å². The van der Waals surface area contributed by atoms with Crippen molar-refractivity contribution in [2.75, 3.05) is 6.61 Å². The smallest absolute Gasteiger partial charge is 0.340 e. The van der Waals surface area contributed by atoms with Crippen LogP contribution < -0.4 is 11.2 Å². The number of ether oxygens (including phenoxy) is 3. The molecule has 0 amide bonds. The van der Waals surface area contributed by atoms with E-state index >= 15 is 0 Å². The number of halogens is 1. The minimum atomic E-state index is -1.36. The van der Waals surface area contributed by atoms with E-state index < -0.39 is 47.4 Å². The summed E-state index contributed by atoms with van der Waals surface area (Å²) in [5, 5.41) is 0. The summed E-state index contributed by atoms with van der Waals surface area (Å²) in [7, 11) is 0. The molecule has 1 fully saturated rings. The Morgan fingerprint density at radius 1 is 0.929 bits per heavy atom. The Kier molecular flexibility index (Phi) is 8.56. The zero-order valence-electron chi connectivity index (χ0n) is 23.1. The number of carbonyl (C=O) groups is 2. The summed E-state index contributed by atoms with van der Waals surface area (Å²) in [6.07, 6.45) is -1.80. The van der Waals surface area contributed by atoms with Gasteiger partial charge in [-0.15, -0.1) is 0 Å². The van der Waals surface area contributed by atoms with E-state index in [2.05, 4.69) is 0 Å². The van der Waals surface area contributed by atoms with Gasteiger partial charge in [0, 0.05) is 12.0 Å². The fraction of sp³-hybridized carbons (Fsp3) is 0.250. The first kappa shape index (κ1) is 28.8. The van der Waals surface area contributed by atoms with Gasteiger partial charge in [0.05, 0.1) is 24.5 Å². The molecule has 0 saturated carbocycles. The molecule has 0 bridgehead atoms. The summed E-state index contributed by atoms with van der Waals surface area (Å²) in [4.78, 5) is 51.9. The Labute approximate surface area is 240 Å². The highest BCUT2D eigenvalue weighted by atomic mass is 19.1. The average molecular weight is 573 g/mol. The first-order valence-corrected chi connectivity index (χ1v) is 13.4. The summed E-state index contributed by atoms with van der Waals surface area (Å²) in [5.74, 6) is -2.82. The second kappa shape index (κ2) is 12.5. The molecule has 10 heteroatoms. The van der Waals surface area contributed by atoms with Crippen molar-refractivity contribution in [2.45, 2.75) is 45.3 Å². The van der Waals surface area contributed by atoms with Crippen LogP contribution in [0.25, 0.3) is 0 Å². The maximum Gasteiger partial charge on any atom is 0.340 e. The van der Waals surface area contributed by atoms with Gasteiger partial charge in [0.25, 0.3) is 11.5 Å². The van der Waals surface area contributed by atoms with Gasteiger partial charge >= 0.3 is 11.7 Å². The van der Waals surface area contributed by atoms with Crippen molar-refractivity contribution in [1.82, 2.24) is 9.13 Å². The fourth-order valence-corrected chi connectivity index (χ4v) is 4.82. The number of rotatable bonds is 8. The topological polar surface area (TPSA) is 106 Å². The molecule has 4 aromatic rings. The van der Waals surface area contributed by atoms with Crippen LogP contribution in [0.3, 0.4) is 0 Å². The van der Waals surface area contributed by atoms with E-state index in [-0.39, 0.29) is 29.8 Å². The Bertz CT molecular complexity index is 1730. The summed E-state index contributed by atoms with van der Waals surface area (Å²) >= 11 is 0. The van der Waals surface area contributed by atoms with Crippen molar-refractivity contribution in [3.05, 3.63) is 140 Å². The molecule has 5 rings (SSSR count). The number of esters is 1. The van der Waals surface area contributed by atoms with Crippen molar-refractivity contribution in [3.63, 3.8) is 0 Å². The SMILES string of the molecule is Cc1cccc(C(=O)OC[C@@H]2O[C@H](n3cc(F)c(=O)n(C(=O)c4cccc(C)c4)c3=O)CC2OCc2ccccc2)c1. The van der Waals surface area contributed by atoms with Crippen LogP contribution in [0, 0.1) is 19.7 Å². The Balaban J connectivity index is 1.42. The molecular formula is C32H29FN2O7. The second-order valence-electron chi connectivity index (χ2n) is 10.1. The van der Waals surface area contributed by atoms with Crippen molar-refractivity contribution in [3.8, 4) is 0 Å². The molecule has 1 saturated heterocycles. The second-order valence-corrected chi connectivity index (χ2v) is 10.1. The zero-order chi connectivity index (χ0) is 29.8. The van der Waals surface area contributed by atoms with Crippen LogP contribution in [0.4, 0.5) is 4.39 Å². The Hall–Kier alpha value is -4.67. The van der Waals surface area contributed by atoms with Gasteiger partial charge in [-0.2, -0.15) is 8.96 Å². The molecule has 3 aromatic carbocycles. The molecule has 9 nitrogen and oxygen atoms in total. The number of hydrogen-bond donors (Lipinski definition) is 0. The largest absolute Gasteiger partial charge is 0.459 e. The molecule has 216 valence electrons. The Morgan fingerprint density at radius 2 is 1.60 bits per heavy atom. The number of aryl methyl sites for hydroxylation is 2.